The second kappa shape index (κ2) is 9.29. The van der Waals surface area contributed by atoms with Crippen molar-refractivity contribution >= 4 is 5.96 Å². The van der Waals surface area contributed by atoms with Gasteiger partial charge in [-0.1, -0.05) is 30.3 Å². The Kier molecular flexibility index (Phi) is 6.55. The number of benzene rings is 1. The van der Waals surface area contributed by atoms with Crippen molar-refractivity contribution in [1.29, 1.82) is 0 Å². The number of aromatic nitrogens is 1. The first-order valence-electron chi connectivity index (χ1n) is 9.07. The van der Waals surface area contributed by atoms with Gasteiger partial charge in [0.15, 0.2) is 5.96 Å². The Labute approximate surface area is 154 Å². The van der Waals surface area contributed by atoms with Gasteiger partial charge in [0.25, 0.3) is 0 Å². The second-order valence-electron chi connectivity index (χ2n) is 6.54. The quantitative estimate of drug-likeness (QED) is 0.639. The molecule has 5 nitrogen and oxygen atoms in total. The Balaban J connectivity index is 1.43. The molecule has 0 aliphatic carbocycles. The summed E-state index contributed by atoms with van der Waals surface area (Å²) in [6.45, 7) is 3.43. The van der Waals surface area contributed by atoms with E-state index in [1.807, 2.05) is 0 Å². The molecule has 0 amide bonds. The molecule has 1 fully saturated rings. The van der Waals surface area contributed by atoms with Crippen LogP contribution < -0.4 is 10.6 Å². The molecule has 2 heterocycles. The number of aliphatic imine (C=N–C) groups is 1. The highest BCUT2D eigenvalue weighted by molar-refractivity contribution is 5.79. The number of piperidine rings is 1. The van der Waals surface area contributed by atoms with Crippen LogP contribution in [0.3, 0.4) is 0 Å². The predicted octanol–water partition coefficient (Wildman–Crippen LogP) is 2.55. The monoisotopic (exact) mass is 355 g/mol. The van der Waals surface area contributed by atoms with Gasteiger partial charge in [-0.3, -0.25) is 14.9 Å². The van der Waals surface area contributed by atoms with Crippen molar-refractivity contribution in [2.45, 2.75) is 32.0 Å². The minimum absolute atomic E-state index is 0.301. The average Bonchev–Trinajstić information content (AvgIpc) is 2.68. The minimum atomic E-state index is -0.301. The third kappa shape index (κ3) is 5.26. The van der Waals surface area contributed by atoms with Gasteiger partial charge < -0.3 is 10.6 Å². The van der Waals surface area contributed by atoms with Crippen LogP contribution in [0.4, 0.5) is 4.39 Å². The van der Waals surface area contributed by atoms with Gasteiger partial charge in [-0.15, -0.1) is 0 Å². The third-order valence-electron chi connectivity index (χ3n) is 4.66. The fourth-order valence-corrected chi connectivity index (χ4v) is 3.18. The van der Waals surface area contributed by atoms with E-state index in [4.69, 9.17) is 0 Å². The molecule has 0 unspecified atom stereocenters. The molecule has 0 spiro atoms. The summed E-state index contributed by atoms with van der Waals surface area (Å²) in [5.74, 6) is 0.390. The number of halogens is 1. The first-order chi connectivity index (χ1) is 12.7. The fourth-order valence-electron chi connectivity index (χ4n) is 3.18. The van der Waals surface area contributed by atoms with Crippen LogP contribution in [-0.2, 0) is 13.1 Å². The number of pyridine rings is 1. The molecule has 138 valence electrons. The van der Waals surface area contributed by atoms with E-state index in [2.05, 4.69) is 55.8 Å². The summed E-state index contributed by atoms with van der Waals surface area (Å²) in [7, 11) is 1.73. The smallest absolute Gasteiger partial charge is 0.191 e. The molecule has 1 aromatic carbocycles. The van der Waals surface area contributed by atoms with Gasteiger partial charge in [0.1, 0.15) is 5.82 Å². The van der Waals surface area contributed by atoms with Crippen molar-refractivity contribution in [3.05, 3.63) is 65.7 Å². The highest BCUT2D eigenvalue weighted by Gasteiger charge is 2.20. The van der Waals surface area contributed by atoms with Crippen molar-refractivity contribution in [2.75, 3.05) is 20.1 Å². The number of guanidine groups is 1. The molecule has 6 heteroatoms. The van der Waals surface area contributed by atoms with Crippen LogP contribution >= 0.6 is 0 Å². The van der Waals surface area contributed by atoms with Gasteiger partial charge in [-0.25, -0.2) is 4.39 Å². The van der Waals surface area contributed by atoms with Gasteiger partial charge in [0, 0.05) is 38.9 Å². The van der Waals surface area contributed by atoms with E-state index in [0.29, 0.717) is 24.2 Å². The molecule has 0 saturated carbocycles. The molecular weight excluding hydrogens is 329 g/mol. The molecule has 0 bridgehead atoms. The lowest BCUT2D eigenvalue weighted by Gasteiger charge is -2.33. The van der Waals surface area contributed by atoms with Crippen LogP contribution in [0.15, 0.2) is 53.7 Å². The van der Waals surface area contributed by atoms with Crippen molar-refractivity contribution in [3.63, 3.8) is 0 Å². The normalized spacial score (nSPS) is 16.5. The molecule has 1 saturated heterocycles. The van der Waals surface area contributed by atoms with Crippen LogP contribution in [0, 0.1) is 5.82 Å². The van der Waals surface area contributed by atoms with Crippen molar-refractivity contribution < 1.29 is 4.39 Å². The van der Waals surface area contributed by atoms with E-state index in [9.17, 15) is 4.39 Å². The minimum Gasteiger partial charge on any atom is -0.354 e. The molecule has 1 aliphatic rings. The number of likely N-dealkylation sites (tertiary alicyclic amines) is 1. The standard InChI is InChI=1S/C20H26FN5/c1-22-20(24-14-19-18(21)8-5-11-23-19)25-17-9-12-26(13-10-17)15-16-6-3-2-4-7-16/h2-8,11,17H,9-10,12-15H2,1H3,(H2,22,24,25). The Morgan fingerprint density at radius 3 is 2.65 bits per heavy atom. The first-order valence-corrected chi connectivity index (χ1v) is 9.07. The van der Waals surface area contributed by atoms with E-state index in [1.54, 1.807) is 19.3 Å². The largest absolute Gasteiger partial charge is 0.354 e. The maximum Gasteiger partial charge on any atom is 0.191 e. The first kappa shape index (κ1) is 18.3. The van der Waals surface area contributed by atoms with Gasteiger partial charge in [-0.05, 0) is 30.5 Å². The number of hydrogen-bond acceptors (Lipinski definition) is 3. The number of nitrogens with zero attached hydrogens (tertiary/aromatic N) is 3. The molecule has 0 radical (unpaired) electrons. The van der Waals surface area contributed by atoms with E-state index >= 15 is 0 Å². The molecule has 3 rings (SSSR count). The molecule has 1 aromatic heterocycles. The van der Waals surface area contributed by atoms with Gasteiger partial charge >= 0.3 is 0 Å². The van der Waals surface area contributed by atoms with Crippen molar-refractivity contribution in [3.8, 4) is 0 Å². The van der Waals surface area contributed by atoms with E-state index < -0.39 is 0 Å². The lowest BCUT2D eigenvalue weighted by molar-refractivity contribution is 0.198. The van der Waals surface area contributed by atoms with Crippen LogP contribution in [0.25, 0.3) is 0 Å². The zero-order chi connectivity index (χ0) is 18.2. The second-order valence-corrected chi connectivity index (χ2v) is 6.54. The van der Waals surface area contributed by atoms with Crippen molar-refractivity contribution in [2.24, 2.45) is 4.99 Å². The Morgan fingerprint density at radius 1 is 1.19 bits per heavy atom. The van der Waals surface area contributed by atoms with Crippen molar-refractivity contribution in [1.82, 2.24) is 20.5 Å². The lowest BCUT2D eigenvalue weighted by Crippen LogP contribution is -2.48. The maximum absolute atomic E-state index is 13.7. The van der Waals surface area contributed by atoms with Gasteiger partial charge in [0.05, 0.1) is 12.2 Å². The summed E-state index contributed by atoms with van der Waals surface area (Å²) < 4.78 is 13.7. The third-order valence-corrected chi connectivity index (χ3v) is 4.66. The van der Waals surface area contributed by atoms with Crippen LogP contribution in [-0.4, -0.2) is 42.0 Å². The summed E-state index contributed by atoms with van der Waals surface area (Å²) >= 11 is 0. The van der Waals surface area contributed by atoms with E-state index in [-0.39, 0.29) is 5.82 Å². The summed E-state index contributed by atoms with van der Waals surface area (Å²) in [6, 6.07) is 14.0. The van der Waals surface area contributed by atoms with Gasteiger partial charge in [-0.2, -0.15) is 0 Å². The van der Waals surface area contributed by atoms with Crippen LogP contribution in [0.1, 0.15) is 24.1 Å². The van der Waals surface area contributed by atoms with E-state index in [1.165, 1.54) is 11.6 Å². The summed E-state index contributed by atoms with van der Waals surface area (Å²) in [5, 5.41) is 6.59. The number of hydrogen-bond donors (Lipinski definition) is 2. The molecular formula is C20H26FN5. The fraction of sp³-hybridized carbons (Fsp3) is 0.400. The molecule has 0 atom stereocenters. The summed E-state index contributed by atoms with van der Waals surface area (Å²) in [5.41, 5.74) is 1.75. The predicted molar refractivity (Wildman–Crippen MR) is 102 cm³/mol. The zero-order valence-corrected chi connectivity index (χ0v) is 15.2. The highest BCUT2D eigenvalue weighted by Crippen LogP contribution is 2.13. The Morgan fingerprint density at radius 2 is 1.96 bits per heavy atom. The molecule has 1 aliphatic heterocycles. The number of rotatable bonds is 5. The average molecular weight is 355 g/mol. The zero-order valence-electron chi connectivity index (χ0n) is 15.2. The topological polar surface area (TPSA) is 52.6 Å². The van der Waals surface area contributed by atoms with Crippen LogP contribution in [0.5, 0.6) is 0 Å². The maximum atomic E-state index is 13.7. The Bertz CT molecular complexity index is 711. The summed E-state index contributed by atoms with van der Waals surface area (Å²) in [6.07, 6.45) is 3.72. The SMILES string of the molecule is CN=C(NCc1ncccc1F)NC1CCN(Cc2ccccc2)CC1. The molecule has 26 heavy (non-hydrogen) atoms. The van der Waals surface area contributed by atoms with Gasteiger partial charge in [0.2, 0.25) is 0 Å². The summed E-state index contributed by atoms with van der Waals surface area (Å²) in [4.78, 5) is 10.8. The lowest BCUT2D eigenvalue weighted by atomic mass is 10.0. The van der Waals surface area contributed by atoms with E-state index in [0.717, 1.165) is 32.5 Å². The molecule has 2 aromatic rings. The Hall–Kier alpha value is -2.47. The van der Waals surface area contributed by atoms with Crippen LogP contribution in [0.2, 0.25) is 0 Å². The number of nitrogens with one attached hydrogen (secondary N) is 2. The molecule has 2 N–H and O–H groups in total. The highest BCUT2D eigenvalue weighted by atomic mass is 19.1.